The number of rotatable bonds is 7. The molecule has 3 aromatic rings. The van der Waals surface area contributed by atoms with Crippen LogP contribution in [0.2, 0.25) is 0 Å². The molecule has 1 aromatic carbocycles. The van der Waals surface area contributed by atoms with Gasteiger partial charge in [-0.25, -0.2) is 4.98 Å². The zero-order chi connectivity index (χ0) is 31.8. The number of carbonyl (C=O) groups is 1. The maximum atomic E-state index is 13.8. The van der Waals surface area contributed by atoms with Gasteiger partial charge < -0.3 is 14.6 Å². The Morgan fingerprint density at radius 3 is 2.62 bits per heavy atom. The number of nitrogens with zero attached hydrogens (tertiary/aromatic N) is 3. The highest BCUT2D eigenvalue weighted by Gasteiger charge is 2.47. The quantitative estimate of drug-likeness (QED) is 0.270. The Labute approximate surface area is 262 Å². The lowest BCUT2D eigenvalue weighted by molar-refractivity contribution is -0.183. The molecule has 3 heterocycles. The average molecular weight is 617 g/mol. The van der Waals surface area contributed by atoms with Crippen molar-refractivity contribution in [1.82, 2.24) is 14.9 Å². The van der Waals surface area contributed by atoms with Crippen molar-refractivity contribution in [2.75, 3.05) is 37.6 Å². The number of allylic oxidation sites excluding steroid dienone is 7. The lowest BCUT2D eigenvalue weighted by Gasteiger charge is -2.39. The standard InChI is InChI=1S/C36H39F3N4O2/c1-34(2)12-8-27(31(21-34)25-5-4-11-35(3,13-9-25)36(37,38)39)23-42-15-17-43(18-16-42)29-7-6-28(24-44)32(20-29)45-30-19-26-10-14-40-33(26)41-22-30/h4-7,9-11,13-14,19-20,22,24H,8,12,15-18,21,23H2,1-3H3,(H,40,41). The first-order valence-electron chi connectivity index (χ1n) is 15.5. The molecule has 6 rings (SSSR count). The Morgan fingerprint density at radius 1 is 1.07 bits per heavy atom. The summed E-state index contributed by atoms with van der Waals surface area (Å²) >= 11 is 0. The van der Waals surface area contributed by atoms with E-state index < -0.39 is 11.6 Å². The van der Waals surface area contributed by atoms with E-state index in [1.54, 1.807) is 24.4 Å². The number of aromatic nitrogens is 2. The van der Waals surface area contributed by atoms with Crippen molar-refractivity contribution >= 4 is 23.0 Å². The van der Waals surface area contributed by atoms with Crippen molar-refractivity contribution in [1.29, 1.82) is 0 Å². The lowest BCUT2D eigenvalue weighted by Crippen LogP contribution is -2.47. The number of piperazine rings is 1. The van der Waals surface area contributed by atoms with Gasteiger partial charge in [0.1, 0.15) is 17.1 Å². The summed E-state index contributed by atoms with van der Waals surface area (Å²) in [6, 6.07) is 9.47. The number of pyridine rings is 1. The minimum absolute atomic E-state index is 0.0897. The molecule has 0 bridgehead atoms. The molecule has 0 saturated carbocycles. The SMILES string of the molecule is CC1(C)CCC(CN2CCN(c3ccc(C=O)c(Oc4cnc5[nH]ccc5c4)c3)CC2)=C(C2=CC=CC(C)(C(F)(F)F)C=C2)C1. The van der Waals surface area contributed by atoms with Gasteiger partial charge in [-0.2, -0.15) is 13.2 Å². The number of hydrogen-bond donors (Lipinski definition) is 1. The topological polar surface area (TPSA) is 61.5 Å². The molecule has 9 heteroatoms. The predicted molar refractivity (Wildman–Crippen MR) is 172 cm³/mol. The lowest BCUT2D eigenvalue weighted by atomic mass is 9.72. The van der Waals surface area contributed by atoms with Crippen LogP contribution in [-0.4, -0.2) is 60.1 Å². The minimum Gasteiger partial charge on any atom is -0.455 e. The van der Waals surface area contributed by atoms with E-state index in [0.29, 0.717) is 17.1 Å². The summed E-state index contributed by atoms with van der Waals surface area (Å²) in [5.74, 6) is 1.05. The van der Waals surface area contributed by atoms with E-state index >= 15 is 0 Å². The molecule has 0 amide bonds. The van der Waals surface area contributed by atoms with E-state index in [-0.39, 0.29) is 5.41 Å². The molecule has 1 unspecified atom stereocenters. The molecule has 2 aromatic heterocycles. The highest BCUT2D eigenvalue weighted by molar-refractivity contribution is 5.81. The van der Waals surface area contributed by atoms with Crippen LogP contribution in [0.5, 0.6) is 11.5 Å². The van der Waals surface area contributed by atoms with Gasteiger partial charge in [-0.15, -0.1) is 0 Å². The third-order valence-corrected chi connectivity index (χ3v) is 9.35. The van der Waals surface area contributed by atoms with Crippen molar-refractivity contribution < 1.29 is 22.7 Å². The van der Waals surface area contributed by atoms with E-state index in [0.717, 1.165) is 80.6 Å². The Kier molecular flexibility index (Phi) is 8.24. The van der Waals surface area contributed by atoms with Crippen LogP contribution >= 0.6 is 0 Å². The van der Waals surface area contributed by atoms with Crippen molar-refractivity contribution in [2.45, 2.75) is 46.2 Å². The number of aldehydes is 1. The summed E-state index contributed by atoms with van der Waals surface area (Å²) in [7, 11) is 0. The van der Waals surface area contributed by atoms with Crippen LogP contribution in [-0.2, 0) is 0 Å². The first kappa shape index (κ1) is 30.9. The van der Waals surface area contributed by atoms with Crippen LogP contribution in [0.3, 0.4) is 0 Å². The first-order valence-corrected chi connectivity index (χ1v) is 15.5. The van der Waals surface area contributed by atoms with Crippen molar-refractivity contribution in [3.05, 3.63) is 95.4 Å². The molecular formula is C36H39F3N4O2. The summed E-state index contributed by atoms with van der Waals surface area (Å²) in [5.41, 5.74) is 3.72. The van der Waals surface area contributed by atoms with Gasteiger partial charge in [0.05, 0.1) is 17.2 Å². The van der Waals surface area contributed by atoms with Crippen LogP contribution in [0.25, 0.3) is 11.0 Å². The van der Waals surface area contributed by atoms with Crippen LogP contribution in [0.1, 0.15) is 50.4 Å². The number of halogens is 3. The first-order chi connectivity index (χ1) is 21.4. The van der Waals surface area contributed by atoms with Gasteiger partial charge in [0.25, 0.3) is 0 Å². The number of ether oxygens (including phenoxy) is 1. The molecule has 1 atom stereocenters. The minimum atomic E-state index is -4.35. The maximum Gasteiger partial charge on any atom is 0.400 e. The second kappa shape index (κ2) is 12.0. The smallest absolute Gasteiger partial charge is 0.400 e. The monoisotopic (exact) mass is 616 g/mol. The molecule has 3 aliphatic rings. The largest absolute Gasteiger partial charge is 0.455 e. The van der Waals surface area contributed by atoms with E-state index in [1.165, 1.54) is 30.2 Å². The second-order valence-electron chi connectivity index (χ2n) is 13.3. The van der Waals surface area contributed by atoms with Gasteiger partial charge in [0, 0.05) is 56.1 Å². The number of anilines is 1. The summed E-state index contributed by atoms with van der Waals surface area (Å²) in [6.45, 7) is 9.81. The van der Waals surface area contributed by atoms with Gasteiger partial charge in [0.2, 0.25) is 0 Å². The van der Waals surface area contributed by atoms with Crippen LogP contribution in [0, 0.1) is 10.8 Å². The number of benzene rings is 1. The van der Waals surface area contributed by atoms with E-state index in [4.69, 9.17) is 4.74 Å². The molecule has 1 fully saturated rings. The number of carbonyl (C=O) groups excluding carboxylic acids is 1. The third kappa shape index (κ3) is 6.64. The Bertz CT molecular complexity index is 1710. The molecule has 1 aliphatic heterocycles. The van der Waals surface area contributed by atoms with Crippen molar-refractivity contribution in [3.63, 3.8) is 0 Å². The average Bonchev–Trinajstić information content (AvgIpc) is 3.37. The van der Waals surface area contributed by atoms with E-state index in [9.17, 15) is 18.0 Å². The number of aromatic amines is 1. The fourth-order valence-electron chi connectivity index (χ4n) is 6.37. The Balaban J connectivity index is 1.16. The van der Waals surface area contributed by atoms with Crippen LogP contribution in [0.4, 0.5) is 18.9 Å². The molecule has 1 N–H and O–H groups in total. The number of H-pyrrole nitrogens is 1. The number of hydrogen-bond acceptors (Lipinski definition) is 5. The molecule has 2 aliphatic carbocycles. The van der Waals surface area contributed by atoms with Crippen molar-refractivity contribution in [2.24, 2.45) is 10.8 Å². The number of alkyl halides is 3. The van der Waals surface area contributed by atoms with E-state index in [2.05, 4.69) is 33.6 Å². The third-order valence-electron chi connectivity index (χ3n) is 9.35. The molecular weight excluding hydrogens is 577 g/mol. The normalized spacial score (nSPS) is 22.4. The molecule has 0 radical (unpaired) electrons. The summed E-state index contributed by atoms with van der Waals surface area (Å²) in [4.78, 5) is 24.0. The Morgan fingerprint density at radius 2 is 1.87 bits per heavy atom. The Hall–Kier alpha value is -4.11. The van der Waals surface area contributed by atoms with Gasteiger partial charge >= 0.3 is 6.18 Å². The maximum absolute atomic E-state index is 13.8. The predicted octanol–water partition coefficient (Wildman–Crippen LogP) is 8.42. The molecule has 0 spiro atoms. The van der Waals surface area contributed by atoms with Gasteiger partial charge in [-0.1, -0.05) is 49.8 Å². The summed E-state index contributed by atoms with van der Waals surface area (Å²) in [5, 5.41) is 0.926. The summed E-state index contributed by atoms with van der Waals surface area (Å²) in [6.07, 6.45) is 10.4. The zero-order valence-electron chi connectivity index (χ0n) is 26.0. The molecule has 1 saturated heterocycles. The fraction of sp³-hybridized carbons (Fsp3) is 0.389. The fourth-order valence-corrected chi connectivity index (χ4v) is 6.37. The summed E-state index contributed by atoms with van der Waals surface area (Å²) < 4.78 is 47.4. The number of nitrogens with one attached hydrogen (secondary N) is 1. The molecule has 236 valence electrons. The number of fused-ring (bicyclic) bond motifs is 1. The van der Waals surface area contributed by atoms with Gasteiger partial charge in [-0.3, -0.25) is 9.69 Å². The van der Waals surface area contributed by atoms with Crippen LogP contribution < -0.4 is 9.64 Å². The highest BCUT2D eigenvalue weighted by Crippen LogP contribution is 2.45. The molecule has 45 heavy (non-hydrogen) atoms. The van der Waals surface area contributed by atoms with Gasteiger partial charge in [-0.05, 0) is 67.0 Å². The second-order valence-corrected chi connectivity index (χ2v) is 13.3. The zero-order valence-corrected chi connectivity index (χ0v) is 26.0. The van der Waals surface area contributed by atoms with E-state index in [1.807, 2.05) is 36.5 Å². The van der Waals surface area contributed by atoms with Crippen molar-refractivity contribution in [3.8, 4) is 11.5 Å². The van der Waals surface area contributed by atoms with Gasteiger partial charge in [0.15, 0.2) is 6.29 Å². The highest BCUT2D eigenvalue weighted by atomic mass is 19.4. The van der Waals surface area contributed by atoms with Crippen LogP contribution in [0.15, 0.2) is 89.8 Å². The molecule has 6 nitrogen and oxygen atoms in total.